The number of carbonyl (C=O) groups is 1. The molecule has 1 unspecified atom stereocenters. The molecule has 10 heteroatoms. The quantitative estimate of drug-likeness (QED) is 0.452. The van der Waals surface area contributed by atoms with Crippen LogP contribution in [0.5, 0.6) is 5.75 Å². The molecule has 32 heavy (non-hydrogen) atoms. The summed E-state index contributed by atoms with van der Waals surface area (Å²) in [5.41, 5.74) is 2.30. The molecule has 0 bridgehead atoms. The van der Waals surface area contributed by atoms with E-state index in [4.69, 9.17) is 9.84 Å². The van der Waals surface area contributed by atoms with Gasteiger partial charge in [-0.1, -0.05) is 0 Å². The van der Waals surface area contributed by atoms with Crippen molar-refractivity contribution in [3.63, 3.8) is 0 Å². The highest BCUT2D eigenvalue weighted by Crippen LogP contribution is 2.32. The monoisotopic (exact) mass is 437 g/mol. The van der Waals surface area contributed by atoms with Gasteiger partial charge in [0.25, 0.3) is 0 Å². The van der Waals surface area contributed by atoms with Gasteiger partial charge in [-0.05, 0) is 51.9 Å². The summed E-state index contributed by atoms with van der Waals surface area (Å²) >= 11 is 0. The summed E-state index contributed by atoms with van der Waals surface area (Å²) in [6.07, 6.45) is 3.49. The normalized spacial score (nSPS) is 16.7. The number of ether oxygens (including phenoxy) is 1. The van der Waals surface area contributed by atoms with Crippen LogP contribution in [0.15, 0.2) is 30.6 Å². The molecule has 3 aromatic heterocycles. The molecule has 0 spiro atoms. The molecule has 0 saturated carbocycles. The smallest absolute Gasteiger partial charge is 0.406 e. The third kappa shape index (κ3) is 3.77. The van der Waals surface area contributed by atoms with Gasteiger partial charge in [0.15, 0.2) is 16.9 Å². The van der Waals surface area contributed by atoms with Gasteiger partial charge in [-0.15, -0.1) is 0 Å². The van der Waals surface area contributed by atoms with E-state index in [0.29, 0.717) is 28.1 Å². The average molecular weight is 437 g/mol. The first kappa shape index (κ1) is 20.4. The Bertz CT molecular complexity index is 1320. The number of nitrogens with zero attached hydrogens (tertiary/aromatic N) is 4. The van der Waals surface area contributed by atoms with Gasteiger partial charge in [0.2, 0.25) is 0 Å². The molecule has 1 atom stereocenters. The average Bonchev–Trinajstić information content (AvgIpc) is 3.45. The molecule has 1 fully saturated rings. The summed E-state index contributed by atoms with van der Waals surface area (Å²) in [6, 6.07) is 4.76. The number of aromatic amines is 1. The molecule has 1 aliphatic rings. The van der Waals surface area contributed by atoms with Crippen molar-refractivity contribution in [2.75, 3.05) is 13.1 Å². The molecule has 166 valence electrons. The fourth-order valence-corrected chi connectivity index (χ4v) is 3.92. The molecule has 4 heterocycles. The largest absolute Gasteiger partial charge is 0.413 e. The number of hydrogen-bond acceptors (Lipinski definition) is 6. The van der Waals surface area contributed by atoms with Crippen molar-refractivity contribution in [3.8, 4) is 17.1 Å². The standard InChI is InChI=1S/C22H24FN7O2/c1-22(2,3)28-21(31)32-17-11-26-20-19(17)27-15(10-25-20)18-14-5-4-12(23)8-16(14)30(29-18)13-6-7-24-9-13/h4-5,8,10-11,13,24H,6-7,9H2,1-3H3,(H,25,26)(H,28,31). The highest BCUT2D eigenvalue weighted by molar-refractivity contribution is 5.94. The second-order valence-corrected chi connectivity index (χ2v) is 8.97. The number of halogens is 1. The van der Waals surface area contributed by atoms with Crippen LogP contribution in [0.2, 0.25) is 0 Å². The fourth-order valence-electron chi connectivity index (χ4n) is 3.92. The molecule has 5 rings (SSSR count). The van der Waals surface area contributed by atoms with Gasteiger partial charge in [-0.3, -0.25) is 4.68 Å². The molecule has 1 aliphatic heterocycles. The molecule has 0 aliphatic carbocycles. The highest BCUT2D eigenvalue weighted by atomic mass is 19.1. The maximum atomic E-state index is 14.0. The molecule has 1 saturated heterocycles. The number of rotatable bonds is 3. The van der Waals surface area contributed by atoms with Crippen molar-refractivity contribution < 1.29 is 13.9 Å². The van der Waals surface area contributed by atoms with Gasteiger partial charge >= 0.3 is 6.09 Å². The van der Waals surface area contributed by atoms with Crippen molar-refractivity contribution in [2.24, 2.45) is 0 Å². The number of H-pyrrole nitrogens is 1. The van der Waals surface area contributed by atoms with Gasteiger partial charge in [0.1, 0.15) is 17.2 Å². The summed E-state index contributed by atoms with van der Waals surface area (Å²) < 4.78 is 21.4. The van der Waals surface area contributed by atoms with Crippen LogP contribution in [0.4, 0.5) is 9.18 Å². The van der Waals surface area contributed by atoms with E-state index in [2.05, 4.69) is 25.6 Å². The maximum Gasteiger partial charge on any atom is 0.413 e. The lowest BCUT2D eigenvalue weighted by Gasteiger charge is -2.19. The summed E-state index contributed by atoms with van der Waals surface area (Å²) in [7, 11) is 0. The molecule has 1 amide bonds. The van der Waals surface area contributed by atoms with Crippen LogP contribution in [0.1, 0.15) is 33.2 Å². The number of fused-ring (bicyclic) bond motifs is 2. The van der Waals surface area contributed by atoms with Crippen LogP contribution in [0.25, 0.3) is 33.5 Å². The van der Waals surface area contributed by atoms with Crippen LogP contribution < -0.4 is 15.4 Å². The molecular weight excluding hydrogens is 413 g/mol. The van der Waals surface area contributed by atoms with E-state index in [1.165, 1.54) is 12.1 Å². The second-order valence-electron chi connectivity index (χ2n) is 8.97. The molecule has 0 radical (unpaired) electrons. The zero-order valence-electron chi connectivity index (χ0n) is 18.1. The molecular formula is C22H24FN7O2. The third-order valence-corrected chi connectivity index (χ3v) is 5.32. The van der Waals surface area contributed by atoms with Crippen molar-refractivity contribution >= 4 is 28.2 Å². The SMILES string of the molecule is CC(C)(C)NC(=O)Oc1c[nH]c2ncc(-c3nn(C4CCNC4)c4cc(F)ccc34)nc12. The van der Waals surface area contributed by atoms with Gasteiger partial charge in [-0.2, -0.15) is 5.10 Å². The lowest BCUT2D eigenvalue weighted by Crippen LogP contribution is -2.42. The Hall–Kier alpha value is -3.53. The van der Waals surface area contributed by atoms with E-state index in [0.717, 1.165) is 24.9 Å². The van der Waals surface area contributed by atoms with E-state index >= 15 is 0 Å². The Morgan fingerprint density at radius 1 is 1.34 bits per heavy atom. The van der Waals surface area contributed by atoms with Crippen LogP contribution >= 0.6 is 0 Å². The predicted octanol–water partition coefficient (Wildman–Crippen LogP) is 3.54. The topological polar surface area (TPSA) is 110 Å². The zero-order chi connectivity index (χ0) is 22.5. The van der Waals surface area contributed by atoms with Gasteiger partial charge < -0.3 is 20.4 Å². The number of aromatic nitrogens is 5. The van der Waals surface area contributed by atoms with Crippen LogP contribution in [-0.4, -0.2) is 49.5 Å². The number of amides is 1. The van der Waals surface area contributed by atoms with E-state index in [1.54, 1.807) is 18.5 Å². The summed E-state index contributed by atoms with van der Waals surface area (Å²) in [4.78, 5) is 24.3. The van der Waals surface area contributed by atoms with Crippen LogP contribution in [0, 0.1) is 5.82 Å². The lowest BCUT2D eigenvalue weighted by atomic mass is 10.1. The molecule has 3 N–H and O–H groups in total. The maximum absolute atomic E-state index is 14.0. The lowest BCUT2D eigenvalue weighted by molar-refractivity contribution is 0.191. The van der Waals surface area contributed by atoms with Crippen LogP contribution in [0.3, 0.4) is 0 Å². The summed E-state index contributed by atoms with van der Waals surface area (Å²) in [5.74, 6) is -0.0465. The van der Waals surface area contributed by atoms with E-state index in [-0.39, 0.29) is 17.6 Å². The number of benzene rings is 1. The Kier molecular flexibility index (Phi) is 4.81. The Labute approximate surface area is 183 Å². The van der Waals surface area contributed by atoms with Crippen LogP contribution in [-0.2, 0) is 0 Å². The first-order valence-corrected chi connectivity index (χ1v) is 10.5. The highest BCUT2D eigenvalue weighted by Gasteiger charge is 2.24. The Morgan fingerprint density at radius 2 is 2.19 bits per heavy atom. The number of carbonyl (C=O) groups excluding carboxylic acids is 1. The van der Waals surface area contributed by atoms with E-state index in [9.17, 15) is 9.18 Å². The van der Waals surface area contributed by atoms with Gasteiger partial charge in [-0.25, -0.2) is 19.2 Å². The van der Waals surface area contributed by atoms with E-state index < -0.39 is 11.6 Å². The number of nitrogens with one attached hydrogen (secondary N) is 3. The molecule has 9 nitrogen and oxygen atoms in total. The Morgan fingerprint density at radius 3 is 2.94 bits per heavy atom. The van der Waals surface area contributed by atoms with E-state index in [1.807, 2.05) is 25.5 Å². The van der Waals surface area contributed by atoms with Gasteiger partial charge in [0, 0.05) is 23.7 Å². The molecule has 4 aromatic rings. The summed E-state index contributed by atoms with van der Waals surface area (Å²) in [6.45, 7) is 7.27. The van der Waals surface area contributed by atoms with Crippen molar-refractivity contribution in [1.29, 1.82) is 0 Å². The minimum absolute atomic E-state index is 0.136. The third-order valence-electron chi connectivity index (χ3n) is 5.32. The predicted molar refractivity (Wildman–Crippen MR) is 118 cm³/mol. The van der Waals surface area contributed by atoms with Crippen molar-refractivity contribution in [1.82, 2.24) is 35.4 Å². The first-order valence-electron chi connectivity index (χ1n) is 10.5. The number of hydrogen-bond donors (Lipinski definition) is 3. The summed E-state index contributed by atoms with van der Waals surface area (Å²) in [5, 5.41) is 11.7. The molecule has 1 aromatic carbocycles. The van der Waals surface area contributed by atoms with Crippen molar-refractivity contribution in [3.05, 3.63) is 36.4 Å². The first-order chi connectivity index (χ1) is 15.3. The minimum Gasteiger partial charge on any atom is -0.406 e. The Balaban J connectivity index is 1.57. The van der Waals surface area contributed by atoms with Crippen molar-refractivity contribution in [2.45, 2.75) is 38.8 Å². The van der Waals surface area contributed by atoms with Gasteiger partial charge in [0.05, 0.1) is 17.8 Å². The second kappa shape index (κ2) is 7.56. The zero-order valence-corrected chi connectivity index (χ0v) is 18.1. The minimum atomic E-state index is -0.579. The fraction of sp³-hybridized carbons (Fsp3) is 0.364.